The summed E-state index contributed by atoms with van der Waals surface area (Å²) in [5.41, 5.74) is 0.673. The Hall–Kier alpha value is -2.02. The molecule has 0 atom stereocenters. The molecule has 122 valence electrons. The van der Waals surface area contributed by atoms with Gasteiger partial charge in [0, 0.05) is 44.0 Å². The summed E-state index contributed by atoms with van der Waals surface area (Å²) in [5, 5.41) is -0.0174. The van der Waals surface area contributed by atoms with E-state index in [-0.39, 0.29) is 23.6 Å². The third-order valence-electron chi connectivity index (χ3n) is 4.11. The van der Waals surface area contributed by atoms with Gasteiger partial charge < -0.3 is 14.7 Å². The molecule has 0 aromatic heterocycles. The molecule has 2 aliphatic heterocycles. The first-order chi connectivity index (χ1) is 11.1. The molecule has 7 heteroatoms. The number of carbonyl (C=O) groups excluding carboxylic acids is 3. The first kappa shape index (κ1) is 15.9. The van der Waals surface area contributed by atoms with Crippen molar-refractivity contribution in [3.05, 3.63) is 35.9 Å². The lowest BCUT2D eigenvalue weighted by atomic mass is 10.2. The number of benzene rings is 1. The van der Waals surface area contributed by atoms with Gasteiger partial charge in [-0.05, 0) is 12.1 Å². The van der Waals surface area contributed by atoms with E-state index in [0.29, 0.717) is 38.3 Å². The number of nitrogens with zero attached hydrogens (tertiary/aromatic N) is 3. The van der Waals surface area contributed by atoms with Crippen molar-refractivity contribution < 1.29 is 14.4 Å². The molecule has 0 unspecified atom stereocenters. The number of hydrogen-bond donors (Lipinski definition) is 0. The summed E-state index contributed by atoms with van der Waals surface area (Å²) >= 11 is 1.26. The van der Waals surface area contributed by atoms with E-state index < -0.39 is 0 Å². The lowest BCUT2D eigenvalue weighted by Gasteiger charge is -2.35. The highest BCUT2D eigenvalue weighted by Crippen LogP contribution is 2.17. The fraction of sp³-hybridized carbons (Fsp3) is 0.438. The maximum absolute atomic E-state index is 12.4. The lowest BCUT2D eigenvalue weighted by molar-refractivity contribution is -0.133. The summed E-state index contributed by atoms with van der Waals surface area (Å²) < 4.78 is 0. The Balaban J connectivity index is 1.51. The summed E-state index contributed by atoms with van der Waals surface area (Å²) in [6.07, 6.45) is 0. The molecule has 6 nitrogen and oxygen atoms in total. The molecule has 0 spiro atoms. The van der Waals surface area contributed by atoms with Crippen molar-refractivity contribution >= 4 is 28.8 Å². The van der Waals surface area contributed by atoms with Crippen molar-refractivity contribution in [2.45, 2.75) is 0 Å². The van der Waals surface area contributed by atoms with Crippen LogP contribution >= 0.6 is 11.8 Å². The van der Waals surface area contributed by atoms with E-state index in [0.717, 1.165) is 5.75 Å². The van der Waals surface area contributed by atoms with Crippen molar-refractivity contribution in [3.63, 3.8) is 0 Å². The molecule has 0 radical (unpaired) electrons. The van der Waals surface area contributed by atoms with Crippen molar-refractivity contribution in [1.82, 2.24) is 14.7 Å². The number of thioether (sulfide) groups is 1. The zero-order chi connectivity index (χ0) is 16.2. The van der Waals surface area contributed by atoms with Gasteiger partial charge >= 0.3 is 0 Å². The topological polar surface area (TPSA) is 60.9 Å². The Bertz CT molecular complexity index is 600. The van der Waals surface area contributed by atoms with Crippen LogP contribution in [-0.4, -0.2) is 76.8 Å². The minimum atomic E-state index is -0.0346. The molecule has 0 bridgehead atoms. The van der Waals surface area contributed by atoms with E-state index >= 15 is 0 Å². The smallest absolute Gasteiger partial charge is 0.282 e. The molecule has 2 fully saturated rings. The number of hydrogen-bond acceptors (Lipinski definition) is 4. The Morgan fingerprint density at radius 1 is 0.957 bits per heavy atom. The fourth-order valence-corrected chi connectivity index (χ4v) is 3.58. The molecule has 23 heavy (non-hydrogen) atoms. The maximum atomic E-state index is 12.4. The van der Waals surface area contributed by atoms with Crippen LogP contribution in [0.4, 0.5) is 4.79 Å². The van der Waals surface area contributed by atoms with E-state index in [1.54, 1.807) is 26.8 Å². The Labute approximate surface area is 139 Å². The van der Waals surface area contributed by atoms with E-state index in [2.05, 4.69) is 0 Å². The molecule has 0 saturated carbocycles. The summed E-state index contributed by atoms with van der Waals surface area (Å²) in [6.45, 7) is 2.89. The number of amides is 3. The van der Waals surface area contributed by atoms with Crippen LogP contribution < -0.4 is 0 Å². The monoisotopic (exact) mass is 333 g/mol. The van der Waals surface area contributed by atoms with Crippen LogP contribution in [0.5, 0.6) is 0 Å². The minimum Gasteiger partial charge on any atom is -0.338 e. The SMILES string of the molecule is O=C(CN1CCSC1=O)N1CCN(C(=O)c2ccccc2)CC1. The second-order valence-electron chi connectivity index (χ2n) is 5.57. The number of piperazine rings is 1. The third-order valence-corrected chi connectivity index (χ3v) is 5.00. The predicted octanol–water partition coefficient (Wildman–Crippen LogP) is 1.14. The van der Waals surface area contributed by atoms with E-state index in [9.17, 15) is 14.4 Å². The summed E-state index contributed by atoms with van der Waals surface area (Å²) in [7, 11) is 0. The van der Waals surface area contributed by atoms with Gasteiger partial charge in [-0.2, -0.15) is 0 Å². The Kier molecular flexibility index (Phi) is 4.85. The number of carbonyl (C=O) groups is 3. The first-order valence-electron chi connectivity index (χ1n) is 7.69. The molecule has 1 aromatic carbocycles. The van der Waals surface area contributed by atoms with Crippen molar-refractivity contribution in [2.24, 2.45) is 0 Å². The first-order valence-corrected chi connectivity index (χ1v) is 8.67. The zero-order valence-electron chi connectivity index (χ0n) is 12.8. The van der Waals surface area contributed by atoms with Gasteiger partial charge in [0.05, 0.1) is 0 Å². The highest BCUT2D eigenvalue weighted by atomic mass is 32.2. The van der Waals surface area contributed by atoms with Crippen molar-refractivity contribution in [2.75, 3.05) is 45.0 Å². The Morgan fingerprint density at radius 3 is 2.22 bits per heavy atom. The van der Waals surface area contributed by atoms with E-state index in [4.69, 9.17) is 0 Å². The predicted molar refractivity (Wildman–Crippen MR) is 88.4 cm³/mol. The zero-order valence-corrected chi connectivity index (χ0v) is 13.6. The van der Waals surface area contributed by atoms with Crippen LogP contribution in [0.1, 0.15) is 10.4 Å². The average molecular weight is 333 g/mol. The van der Waals surface area contributed by atoms with Gasteiger partial charge in [0.2, 0.25) is 5.91 Å². The van der Waals surface area contributed by atoms with Crippen LogP contribution in [0.2, 0.25) is 0 Å². The van der Waals surface area contributed by atoms with Crippen molar-refractivity contribution in [1.29, 1.82) is 0 Å². The van der Waals surface area contributed by atoms with Gasteiger partial charge in [0.15, 0.2) is 0 Å². The lowest BCUT2D eigenvalue weighted by Crippen LogP contribution is -2.52. The largest absolute Gasteiger partial charge is 0.338 e. The quantitative estimate of drug-likeness (QED) is 0.832. The van der Waals surface area contributed by atoms with Crippen LogP contribution in [0.3, 0.4) is 0 Å². The normalized spacial score (nSPS) is 18.4. The van der Waals surface area contributed by atoms with Gasteiger partial charge in [-0.1, -0.05) is 30.0 Å². The summed E-state index contributed by atoms with van der Waals surface area (Å²) in [4.78, 5) is 41.3. The molecule has 2 saturated heterocycles. The second-order valence-corrected chi connectivity index (χ2v) is 6.62. The highest BCUT2D eigenvalue weighted by Gasteiger charge is 2.28. The van der Waals surface area contributed by atoms with Gasteiger partial charge in [-0.15, -0.1) is 0 Å². The van der Waals surface area contributed by atoms with Crippen LogP contribution in [0, 0.1) is 0 Å². The molecule has 1 aromatic rings. The molecular weight excluding hydrogens is 314 g/mol. The van der Waals surface area contributed by atoms with Crippen LogP contribution in [0.25, 0.3) is 0 Å². The van der Waals surface area contributed by atoms with Crippen molar-refractivity contribution in [3.8, 4) is 0 Å². The van der Waals surface area contributed by atoms with Crippen LogP contribution in [-0.2, 0) is 4.79 Å². The molecule has 3 rings (SSSR count). The standard InChI is InChI=1S/C16H19N3O3S/c20-14(12-19-10-11-23-16(19)22)17-6-8-18(9-7-17)15(21)13-4-2-1-3-5-13/h1-5H,6-12H2. The van der Waals surface area contributed by atoms with Gasteiger partial charge in [-0.25, -0.2) is 0 Å². The molecular formula is C16H19N3O3S. The molecule has 0 N–H and O–H groups in total. The molecule has 2 aliphatic rings. The fourth-order valence-electron chi connectivity index (χ4n) is 2.75. The second kappa shape index (κ2) is 7.04. The molecule has 0 aliphatic carbocycles. The number of rotatable bonds is 3. The van der Waals surface area contributed by atoms with Gasteiger partial charge in [-0.3, -0.25) is 14.4 Å². The molecule has 3 amide bonds. The minimum absolute atomic E-state index is 0.00354. The Morgan fingerprint density at radius 2 is 1.61 bits per heavy atom. The summed E-state index contributed by atoms with van der Waals surface area (Å²) in [5.74, 6) is 0.724. The third kappa shape index (κ3) is 3.67. The van der Waals surface area contributed by atoms with Crippen LogP contribution in [0.15, 0.2) is 30.3 Å². The summed E-state index contributed by atoms with van der Waals surface area (Å²) in [6, 6.07) is 9.18. The van der Waals surface area contributed by atoms with E-state index in [1.165, 1.54) is 11.8 Å². The van der Waals surface area contributed by atoms with E-state index in [1.807, 2.05) is 18.2 Å². The van der Waals surface area contributed by atoms with Gasteiger partial charge in [0.25, 0.3) is 11.1 Å². The van der Waals surface area contributed by atoms with Gasteiger partial charge in [0.1, 0.15) is 6.54 Å². The molecule has 2 heterocycles. The average Bonchev–Trinajstić information content (AvgIpc) is 3.00. The highest BCUT2D eigenvalue weighted by molar-refractivity contribution is 8.13. The maximum Gasteiger partial charge on any atom is 0.282 e.